The average molecular weight is 265 g/mol. The Labute approximate surface area is 114 Å². The standard InChI is InChI=1S/C14H23N3O2/c1-3-6-15-13-9-12(4-7-16-13)17-10-14(18-2)5-8-19-11-14/h4,7,9H,3,5-6,8,10-11H2,1-2H3,(H2,15,16,17). The molecule has 5 heteroatoms. The van der Waals surface area contributed by atoms with E-state index in [-0.39, 0.29) is 5.60 Å². The maximum absolute atomic E-state index is 5.60. The van der Waals surface area contributed by atoms with Gasteiger partial charge in [0.15, 0.2) is 0 Å². The average Bonchev–Trinajstić information content (AvgIpc) is 2.93. The van der Waals surface area contributed by atoms with Crippen molar-refractivity contribution < 1.29 is 9.47 Å². The summed E-state index contributed by atoms with van der Waals surface area (Å²) in [4.78, 5) is 4.29. The molecule has 2 rings (SSSR count). The smallest absolute Gasteiger partial charge is 0.127 e. The van der Waals surface area contributed by atoms with E-state index in [1.807, 2.05) is 18.3 Å². The quantitative estimate of drug-likeness (QED) is 0.791. The highest BCUT2D eigenvalue weighted by Gasteiger charge is 2.34. The number of rotatable bonds is 7. The number of ether oxygens (including phenoxy) is 2. The van der Waals surface area contributed by atoms with Crippen LogP contribution in [0, 0.1) is 0 Å². The van der Waals surface area contributed by atoms with E-state index < -0.39 is 0 Å². The molecule has 1 fully saturated rings. The highest BCUT2D eigenvalue weighted by atomic mass is 16.5. The Kier molecular flexibility index (Phi) is 4.99. The van der Waals surface area contributed by atoms with Crippen molar-refractivity contribution in [2.24, 2.45) is 0 Å². The minimum absolute atomic E-state index is 0.194. The van der Waals surface area contributed by atoms with Crippen LogP contribution in [0.4, 0.5) is 11.5 Å². The molecule has 0 radical (unpaired) electrons. The lowest BCUT2D eigenvalue weighted by Gasteiger charge is -2.26. The predicted octanol–water partition coefficient (Wildman–Crippen LogP) is 2.12. The number of anilines is 2. The Morgan fingerprint density at radius 1 is 1.47 bits per heavy atom. The lowest BCUT2D eigenvalue weighted by molar-refractivity contribution is -0.00619. The molecule has 0 saturated carbocycles. The van der Waals surface area contributed by atoms with Gasteiger partial charge >= 0.3 is 0 Å². The van der Waals surface area contributed by atoms with E-state index in [2.05, 4.69) is 22.5 Å². The van der Waals surface area contributed by atoms with Crippen LogP contribution in [-0.4, -0.2) is 44.0 Å². The third kappa shape index (κ3) is 3.81. The maximum atomic E-state index is 5.60. The van der Waals surface area contributed by atoms with Crippen LogP contribution in [0.2, 0.25) is 0 Å². The first-order valence-corrected chi connectivity index (χ1v) is 6.85. The van der Waals surface area contributed by atoms with Crippen LogP contribution in [0.1, 0.15) is 19.8 Å². The second-order valence-electron chi connectivity index (χ2n) is 4.90. The zero-order chi connectivity index (χ0) is 13.6. The number of hydrogen-bond donors (Lipinski definition) is 2. The van der Waals surface area contributed by atoms with Crippen molar-refractivity contribution in [3.63, 3.8) is 0 Å². The van der Waals surface area contributed by atoms with Crippen molar-refractivity contribution in [3.8, 4) is 0 Å². The molecule has 1 aromatic rings. The molecule has 0 bridgehead atoms. The van der Waals surface area contributed by atoms with Crippen LogP contribution in [0.25, 0.3) is 0 Å². The molecule has 5 nitrogen and oxygen atoms in total. The number of hydrogen-bond acceptors (Lipinski definition) is 5. The van der Waals surface area contributed by atoms with Crippen LogP contribution in [0.5, 0.6) is 0 Å². The summed E-state index contributed by atoms with van der Waals surface area (Å²) >= 11 is 0. The molecule has 1 saturated heterocycles. The fraction of sp³-hybridized carbons (Fsp3) is 0.643. The van der Waals surface area contributed by atoms with Crippen LogP contribution < -0.4 is 10.6 Å². The first-order valence-electron chi connectivity index (χ1n) is 6.85. The normalized spacial score (nSPS) is 22.4. The Bertz CT molecular complexity index is 392. The number of aromatic nitrogens is 1. The molecule has 1 aliphatic heterocycles. The van der Waals surface area contributed by atoms with Gasteiger partial charge in [0, 0.05) is 51.2 Å². The fourth-order valence-corrected chi connectivity index (χ4v) is 2.11. The summed E-state index contributed by atoms with van der Waals surface area (Å²) < 4.78 is 11.0. The first-order chi connectivity index (χ1) is 9.28. The molecule has 0 aromatic carbocycles. The van der Waals surface area contributed by atoms with Crippen molar-refractivity contribution in [2.45, 2.75) is 25.4 Å². The van der Waals surface area contributed by atoms with E-state index in [0.717, 1.165) is 44.0 Å². The van der Waals surface area contributed by atoms with E-state index in [1.54, 1.807) is 7.11 Å². The molecule has 1 atom stereocenters. The molecule has 1 aromatic heterocycles. The van der Waals surface area contributed by atoms with Gasteiger partial charge in [0.05, 0.1) is 6.61 Å². The molecule has 2 heterocycles. The van der Waals surface area contributed by atoms with Gasteiger partial charge in [-0.3, -0.25) is 0 Å². The Morgan fingerprint density at radius 2 is 2.37 bits per heavy atom. The number of methoxy groups -OCH3 is 1. The predicted molar refractivity (Wildman–Crippen MR) is 76.7 cm³/mol. The number of nitrogens with zero attached hydrogens (tertiary/aromatic N) is 1. The van der Waals surface area contributed by atoms with E-state index in [9.17, 15) is 0 Å². The molecule has 1 unspecified atom stereocenters. The second kappa shape index (κ2) is 6.73. The Balaban J connectivity index is 1.91. The summed E-state index contributed by atoms with van der Waals surface area (Å²) in [6, 6.07) is 3.99. The van der Waals surface area contributed by atoms with Crippen LogP contribution in [-0.2, 0) is 9.47 Å². The first kappa shape index (κ1) is 14.1. The highest BCUT2D eigenvalue weighted by molar-refractivity contribution is 5.52. The molecular formula is C14H23N3O2. The molecular weight excluding hydrogens is 242 g/mol. The Morgan fingerprint density at radius 3 is 3.05 bits per heavy atom. The van der Waals surface area contributed by atoms with Gasteiger partial charge in [-0.15, -0.1) is 0 Å². The largest absolute Gasteiger partial charge is 0.382 e. The van der Waals surface area contributed by atoms with Gasteiger partial charge in [-0.2, -0.15) is 0 Å². The number of pyridine rings is 1. The van der Waals surface area contributed by atoms with Crippen molar-refractivity contribution in [2.75, 3.05) is 44.0 Å². The van der Waals surface area contributed by atoms with Gasteiger partial charge in [-0.05, 0) is 12.5 Å². The molecule has 0 aliphatic carbocycles. The third-order valence-electron chi connectivity index (χ3n) is 3.43. The molecule has 2 N–H and O–H groups in total. The Hall–Kier alpha value is -1.33. The minimum atomic E-state index is -0.194. The number of nitrogens with one attached hydrogen (secondary N) is 2. The molecule has 0 amide bonds. The van der Waals surface area contributed by atoms with E-state index >= 15 is 0 Å². The molecule has 19 heavy (non-hydrogen) atoms. The maximum Gasteiger partial charge on any atom is 0.127 e. The van der Waals surface area contributed by atoms with Crippen LogP contribution in [0.3, 0.4) is 0 Å². The van der Waals surface area contributed by atoms with E-state index in [0.29, 0.717) is 6.61 Å². The lowest BCUT2D eigenvalue weighted by Crippen LogP contribution is -2.39. The van der Waals surface area contributed by atoms with E-state index in [1.165, 1.54) is 0 Å². The van der Waals surface area contributed by atoms with Crippen LogP contribution >= 0.6 is 0 Å². The fourth-order valence-electron chi connectivity index (χ4n) is 2.11. The van der Waals surface area contributed by atoms with E-state index in [4.69, 9.17) is 9.47 Å². The molecule has 0 spiro atoms. The van der Waals surface area contributed by atoms with Gasteiger partial charge in [0.25, 0.3) is 0 Å². The van der Waals surface area contributed by atoms with Crippen molar-refractivity contribution in [1.29, 1.82) is 0 Å². The van der Waals surface area contributed by atoms with Gasteiger partial charge < -0.3 is 20.1 Å². The lowest BCUT2D eigenvalue weighted by atomic mass is 10.0. The van der Waals surface area contributed by atoms with Crippen molar-refractivity contribution in [1.82, 2.24) is 4.98 Å². The SMILES string of the molecule is CCCNc1cc(NCC2(OC)CCOC2)ccn1. The third-order valence-corrected chi connectivity index (χ3v) is 3.43. The van der Waals surface area contributed by atoms with Gasteiger partial charge in [0.1, 0.15) is 11.4 Å². The zero-order valence-corrected chi connectivity index (χ0v) is 11.7. The summed E-state index contributed by atoms with van der Waals surface area (Å²) in [6.07, 6.45) is 3.83. The minimum Gasteiger partial charge on any atom is -0.382 e. The molecule has 106 valence electrons. The monoisotopic (exact) mass is 265 g/mol. The zero-order valence-electron chi connectivity index (χ0n) is 11.7. The topological polar surface area (TPSA) is 55.4 Å². The van der Waals surface area contributed by atoms with Gasteiger partial charge in [0.2, 0.25) is 0 Å². The van der Waals surface area contributed by atoms with Gasteiger partial charge in [-0.25, -0.2) is 4.98 Å². The summed E-state index contributed by atoms with van der Waals surface area (Å²) in [5.41, 5.74) is 0.859. The summed E-state index contributed by atoms with van der Waals surface area (Å²) in [6.45, 7) is 5.25. The highest BCUT2D eigenvalue weighted by Crippen LogP contribution is 2.23. The molecule has 1 aliphatic rings. The van der Waals surface area contributed by atoms with Crippen LogP contribution in [0.15, 0.2) is 18.3 Å². The summed E-state index contributed by atoms with van der Waals surface area (Å²) in [5.74, 6) is 0.904. The van der Waals surface area contributed by atoms with Gasteiger partial charge in [-0.1, -0.05) is 6.92 Å². The summed E-state index contributed by atoms with van der Waals surface area (Å²) in [7, 11) is 1.75. The summed E-state index contributed by atoms with van der Waals surface area (Å²) in [5, 5.41) is 6.69. The van der Waals surface area contributed by atoms with Crippen molar-refractivity contribution in [3.05, 3.63) is 18.3 Å². The van der Waals surface area contributed by atoms with Crippen molar-refractivity contribution >= 4 is 11.5 Å². The second-order valence-corrected chi connectivity index (χ2v) is 4.90.